The lowest BCUT2D eigenvalue weighted by molar-refractivity contribution is 0.0740. The minimum atomic E-state index is 0.406. The molecule has 72 valence electrons. The lowest BCUT2D eigenvalue weighted by Gasteiger charge is -2.16. The van der Waals surface area contributed by atoms with E-state index in [4.69, 9.17) is 4.74 Å². The normalized spacial score (nSPS) is 21.0. The zero-order valence-corrected chi connectivity index (χ0v) is 8.07. The quantitative estimate of drug-likeness (QED) is 0.578. The van der Waals surface area contributed by atoms with Gasteiger partial charge in [0.25, 0.3) is 0 Å². The Hall–Kier alpha value is -1.33. The van der Waals surface area contributed by atoms with Gasteiger partial charge in [0.05, 0.1) is 6.61 Å². The van der Waals surface area contributed by atoms with Crippen LogP contribution in [-0.4, -0.2) is 18.2 Å². The van der Waals surface area contributed by atoms with E-state index in [-0.39, 0.29) is 0 Å². The fourth-order valence-electron chi connectivity index (χ4n) is 1.48. The van der Waals surface area contributed by atoms with Crippen molar-refractivity contribution in [3.8, 4) is 11.8 Å². The summed E-state index contributed by atoms with van der Waals surface area (Å²) in [6, 6.07) is 3.88. The van der Waals surface area contributed by atoms with Crippen LogP contribution in [0.25, 0.3) is 0 Å². The van der Waals surface area contributed by atoms with Gasteiger partial charge in [0.1, 0.15) is 0 Å². The number of rotatable bonds is 0. The van der Waals surface area contributed by atoms with Crippen LogP contribution in [0.15, 0.2) is 24.5 Å². The first-order valence-corrected chi connectivity index (χ1v) is 4.94. The van der Waals surface area contributed by atoms with Crippen LogP contribution in [0, 0.1) is 17.8 Å². The van der Waals surface area contributed by atoms with Crippen molar-refractivity contribution in [3.63, 3.8) is 0 Å². The average Bonchev–Trinajstić information content (AvgIpc) is 2.29. The molecular formula is C12H13NO. The molecule has 1 aliphatic heterocycles. The second-order valence-electron chi connectivity index (χ2n) is 3.43. The van der Waals surface area contributed by atoms with E-state index < -0.39 is 0 Å². The standard InChI is InChI=1S/C12H13NO/c1-3-11(9-13-7-1)5-6-12-4-2-8-14-10-12/h1,3,7,9,12H,2,4,8,10H2. The first-order valence-electron chi connectivity index (χ1n) is 4.94. The van der Waals surface area contributed by atoms with Crippen LogP contribution in [0.2, 0.25) is 0 Å². The largest absolute Gasteiger partial charge is 0.380 e. The summed E-state index contributed by atoms with van der Waals surface area (Å²) in [6.07, 6.45) is 5.84. The van der Waals surface area contributed by atoms with Gasteiger partial charge in [-0.25, -0.2) is 0 Å². The van der Waals surface area contributed by atoms with Crippen LogP contribution in [0.1, 0.15) is 18.4 Å². The van der Waals surface area contributed by atoms with Gasteiger partial charge in [-0.3, -0.25) is 4.98 Å². The summed E-state index contributed by atoms with van der Waals surface area (Å²) < 4.78 is 5.35. The van der Waals surface area contributed by atoms with Crippen molar-refractivity contribution in [2.45, 2.75) is 12.8 Å². The first-order chi connectivity index (χ1) is 6.95. The smallest absolute Gasteiger partial charge is 0.0604 e. The predicted molar refractivity (Wildman–Crippen MR) is 54.7 cm³/mol. The average molecular weight is 187 g/mol. The molecule has 14 heavy (non-hydrogen) atoms. The highest BCUT2D eigenvalue weighted by Crippen LogP contribution is 2.12. The van der Waals surface area contributed by atoms with Crippen molar-refractivity contribution >= 4 is 0 Å². The van der Waals surface area contributed by atoms with Crippen molar-refractivity contribution in [3.05, 3.63) is 30.1 Å². The lowest BCUT2D eigenvalue weighted by atomic mass is 10.0. The highest BCUT2D eigenvalue weighted by Gasteiger charge is 2.09. The van der Waals surface area contributed by atoms with Crippen LogP contribution in [0.5, 0.6) is 0 Å². The maximum atomic E-state index is 5.35. The summed E-state index contributed by atoms with van der Waals surface area (Å²) in [5.41, 5.74) is 0.984. The number of hydrogen-bond donors (Lipinski definition) is 0. The van der Waals surface area contributed by atoms with Crippen molar-refractivity contribution in [2.75, 3.05) is 13.2 Å². The van der Waals surface area contributed by atoms with Gasteiger partial charge in [0.15, 0.2) is 0 Å². The highest BCUT2D eigenvalue weighted by atomic mass is 16.5. The van der Waals surface area contributed by atoms with Gasteiger partial charge in [-0.15, -0.1) is 0 Å². The zero-order valence-electron chi connectivity index (χ0n) is 8.07. The number of hydrogen-bond acceptors (Lipinski definition) is 2. The van der Waals surface area contributed by atoms with E-state index in [0.717, 1.165) is 31.6 Å². The van der Waals surface area contributed by atoms with Gasteiger partial charge in [0, 0.05) is 30.5 Å². The fourth-order valence-corrected chi connectivity index (χ4v) is 1.48. The molecule has 0 aliphatic carbocycles. The summed E-state index contributed by atoms with van der Waals surface area (Å²) in [6.45, 7) is 1.68. The molecule has 0 bridgehead atoms. The molecule has 2 nitrogen and oxygen atoms in total. The topological polar surface area (TPSA) is 22.1 Å². The van der Waals surface area contributed by atoms with E-state index in [2.05, 4.69) is 16.8 Å². The molecule has 2 heterocycles. The highest BCUT2D eigenvalue weighted by molar-refractivity contribution is 5.31. The van der Waals surface area contributed by atoms with E-state index in [9.17, 15) is 0 Å². The zero-order chi connectivity index (χ0) is 9.64. The summed E-state index contributed by atoms with van der Waals surface area (Å²) in [5.74, 6) is 6.75. The third kappa shape index (κ3) is 2.58. The SMILES string of the molecule is C(#CC1CCCOC1)c1cccnc1. The Labute approximate surface area is 84.3 Å². The van der Waals surface area contributed by atoms with E-state index in [0.29, 0.717) is 5.92 Å². The molecule has 1 aliphatic rings. The minimum absolute atomic E-state index is 0.406. The monoisotopic (exact) mass is 187 g/mol. The van der Waals surface area contributed by atoms with Gasteiger partial charge in [-0.1, -0.05) is 11.8 Å². The Morgan fingerprint density at radius 3 is 3.21 bits per heavy atom. The maximum absolute atomic E-state index is 5.35. The molecule has 1 saturated heterocycles. The van der Waals surface area contributed by atoms with Crippen LogP contribution < -0.4 is 0 Å². The molecule has 1 atom stereocenters. The second-order valence-corrected chi connectivity index (χ2v) is 3.43. The van der Waals surface area contributed by atoms with Gasteiger partial charge in [-0.2, -0.15) is 0 Å². The van der Waals surface area contributed by atoms with Crippen LogP contribution >= 0.6 is 0 Å². The molecule has 1 aromatic heterocycles. The number of nitrogens with zero attached hydrogens (tertiary/aromatic N) is 1. The van der Waals surface area contributed by atoms with Gasteiger partial charge >= 0.3 is 0 Å². The molecule has 1 unspecified atom stereocenters. The molecule has 1 aromatic rings. The van der Waals surface area contributed by atoms with Crippen molar-refractivity contribution in [2.24, 2.45) is 5.92 Å². The van der Waals surface area contributed by atoms with Crippen molar-refractivity contribution < 1.29 is 4.74 Å². The molecule has 0 amide bonds. The third-order valence-corrected chi connectivity index (χ3v) is 2.24. The summed E-state index contributed by atoms with van der Waals surface area (Å²) >= 11 is 0. The summed E-state index contributed by atoms with van der Waals surface area (Å²) in [4.78, 5) is 4.01. The first kappa shape index (κ1) is 9.23. The minimum Gasteiger partial charge on any atom is -0.380 e. The summed E-state index contributed by atoms with van der Waals surface area (Å²) in [5, 5.41) is 0. The molecule has 2 rings (SSSR count). The molecule has 2 heteroatoms. The Morgan fingerprint density at radius 1 is 1.50 bits per heavy atom. The van der Waals surface area contributed by atoms with E-state index >= 15 is 0 Å². The molecule has 0 radical (unpaired) electrons. The van der Waals surface area contributed by atoms with Gasteiger partial charge in [0.2, 0.25) is 0 Å². The van der Waals surface area contributed by atoms with Gasteiger partial charge in [-0.05, 0) is 25.0 Å². The Bertz CT molecular complexity index is 330. The van der Waals surface area contributed by atoms with Crippen LogP contribution in [0.4, 0.5) is 0 Å². The fraction of sp³-hybridized carbons (Fsp3) is 0.417. The Balaban J connectivity index is 1.99. The summed E-state index contributed by atoms with van der Waals surface area (Å²) in [7, 11) is 0. The molecule has 0 spiro atoms. The molecule has 1 fully saturated rings. The predicted octanol–water partition coefficient (Wildman–Crippen LogP) is 1.86. The van der Waals surface area contributed by atoms with Crippen LogP contribution in [0.3, 0.4) is 0 Å². The second kappa shape index (κ2) is 4.78. The number of aromatic nitrogens is 1. The van der Waals surface area contributed by atoms with Crippen molar-refractivity contribution in [1.82, 2.24) is 4.98 Å². The molecule has 0 aromatic carbocycles. The van der Waals surface area contributed by atoms with Gasteiger partial charge < -0.3 is 4.74 Å². The van der Waals surface area contributed by atoms with E-state index in [1.807, 2.05) is 12.1 Å². The molecular weight excluding hydrogens is 174 g/mol. The maximum Gasteiger partial charge on any atom is 0.0604 e. The Kier molecular flexibility index (Phi) is 3.15. The van der Waals surface area contributed by atoms with Crippen LogP contribution in [-0.2, 0) is 4.74 Å². The van der Waals surface area contributed by atoms with Crippen molar-refractivity contribution in [1.29, 1.82) is 0 Å². The molecule has 0 saturated carbocycles. The Morgan fingerprint density at radius 2 is 2.50 bits per heavy atom. The third-order valence-electron chi connectivity index (χ3n) is 2.24. The molecule has 0 N–H and O–H groups in total. The number of pyridine rings is 1. The number of ether oxygens (including phenoxy) is 1. The lowest BCUT2D eigenvalue weighted by Crippen LogP contribution is -2.15. The van der Waals surface area contributed by atoms with E-state index in [1.54, 1.807) is 12.4 Å². The van der Waals surface area contributed by atoms with E-state index in [1.165, 1.54) is 0 Å².